The number of ketones is 1. The van der Waals surface area contributed by atoms with Gasteiger partial charge in [0.05, 0.1) is 69.2 Å². The minimum absolute atomic E-state index is 0.0223. The molecule has 0 fully saturated rings. The van der Waals surface area contributed by atoms with E-state index < -0.39 is 5.97 Å². The maximum atomic E-state index is 13.1. The number of oxazole rings is 2. The van der Waals surface area contributed by atoms with Gasteiger partial charge in [-0.1, -0.05) is 20.8 Å². The van der Waals surface area contributed by atoms with E-state index in [0.29, 0.717) is 41.7 Å². The summed E-state index contributed by atoms with van der Waals surface area (Å²) in [7, 11) is 0. The van der Waals surface area contributed by atoms with Crippen molar-refractivity contribution in [3.05, 3.63) is 134 Å². The predicted octanol–water partition coefficient (Wildman–Crippen LogP) is 5.43. The van der Waals surface area contributed by atoms with Crippen molar-refractivity contribution < 1.29 is 23.5 Å². The Morgan fingerprint density at radius 1 is 0.566 bits per heavy atom. The Bertz CT molecular complexity index is 3580. The molecule has 11 aromatic heterocycles. The van der Waals surface area contributed by atoms with Crippen LogP contribution in [-0.2, 0) is 19.6 Å². The molecule has 76 heavy (non-hydrogen) atoms. The molecule has 0 spiro atoms. The van der Waals surface area contributed by atoms with Gasteiger partial charge in [-0.15, -0.1) is 0 Å². The van der Waals surface area contributed by atoms with Gasteiger partial charge in [0.15, 0.2) is 34.5 Å². The molecule has 11 rings (SSSR count). The third-order valence-electron chi connectivity index (χ3n) is 10.9. The molecule has 0 aromatic carbocycles. The number of Topliss-reactive ketones (excluding diaryl/α,β-unsaturated/α-hetero) is 1. The van der Waals surface area contributed by atoms with Crippen LogP contribution in [0.25, 0.3) is 57.0 Å². The number of carbonyl (C=O) groups is 2. The standard InChI is InChI=1S/C22H21N9O2.C16H12N6O3.C6H11N3.C5H10N4/c1-13(11-31-26-5-6-27-31)9-16(32)19-21(23)29-20(22-24-7-8-33-22)18(28-19)15-3-4-17-25-10-14(2)30(17)12-15;1-8-6-19-10-3-2-9(7-22(8)10)11-12(15-18-4-5-25-15)21-14(17)13(20-11)16(23)24;1-6(2)5-9-7-3-4-8-9;1-5(6)4-9-7-2-3-8-9/h3-8,10,12-13H,9,11H2,1-2H3,(H2,23,29);2-7H,1H3,(H2,17,21)(H,23,24);3-4,6H,5H2,1-2H3;2-3,5H,4,6H2,1H3/t13-;;;5-/m0..1/s1. The molecule has 390 valence electrons. The zero-order chi connectivity index (χ0) is 53.9. The van der Waals surface area contributed by atoms with Crippen LogP contribution in [0, 0.1) is 25.7 Å². The van der Waals surface area contributed by atoms with Gasteiger partial charge in [0.25, 0.3) is 0 Å². The molecule has 7 N–H and O–H groups in total. The lowest BCUT2D eigenvalue weighted by molar-refractivity contribution is 0.0691. The maximum Gasteiger partial charge on any atom is 0.358 e. The number of imidazole rings is 2. The monoisotopic (exact) mass is 1030 g/mol. The van der Waals surface area contributed by atoms with E-state index in [-0.39, 0.29) is 64.7 Å². The van der Waals surface area contributed by atoms with Gasteiger partial charge in [-0.2, -0.15) is 45.0 Å². The molecular weight excluding hydrogens is 977 g/mol. The van der Waals surface area contributed by atoms with E-state index in [1.54, 1.807) is 82.3 Å². The summed E-state index contributed by atoms with van der Waals surface area (Å²) in [6.07, 6.45) is 23.1. The fourth-order valence-corrected chi connectivity index (χ4v) is 7.48. The second-order valence-corrected chi connectivity index (χ2v) is 17.7. The Hall–Kier alpha value is -9.92. The van der Waals surface area contributed by atoms with E-state index in [1.807, 2.05) is 54.8 Å². The van der Waals surface area contributed by atoms with Crippen molar-refractivity contribution in [2.45, 2.75) is 73.6 Å². The van der Waals surface area contributed by atoms with E-state index in [4.69, 9.17) is 26.0 Å². The minimum atomic E-state index is -1.26. The van der Waals surface area contributed by atoms with E-state index >= 15 is 0 Å². The zero-order valence-electron chi connectivity index (χ0n) is 42.3. The molecule has 2 atom stereocenters. The third kappa shape index (κ3) is 12.8. The number of nitrogens with two attached hydrogens (primary N) is 3. The third-order valence-corrected chi connectivity index (χ3v) is 10.9. The van der Waals surface area contributed by atoms with Crippen LogP contribution in [0.3, 0.4) is 0 Å². The van der Waals surface area contributed by atoms with Gasteiger partial charge in [0, 0.05) is 59.8 Å². The molecule has 0 unspecified atom stereocenters. The normalized spacial score (nSPS) is 11.8. The number of nitrogen functional groups attached to an aromatic ring is 2. The number of fused-ring (bicyclic) bond motifs is 2. The van der Waals surface area contributed by atoms with Crippen molar-refractivity contribution in [1.82, 2.24) is 93.7 Å². The summed E-state index contributed by atoms with van der Waals surface area (Å²) >= 11 is 0. The minimum Gasteiger partial charge on any atom is -0.476 e. The molecule has 0 aliphatic heterocycles. The summed E-state index contributed by atoms with van der Waals surface area (Å²) in [5.41, 5.74) is 23.4. The number of hydrogen-bond acceptors (Lipinski definition) is 21. The summed E-state index contributed by atoms with van der Waals surface area (Å²) in [5, 5.41) is 33.2. The molecule has 11 aromatic rings. The average molecular weight is 1030 g/mol. The molecular formula is C49H54N22O5. The number of anilines is 2. The molecule has 0 bridgehead atoms. The summed E-state index contributed by atoms with van der Waals surface area (Å²) < 4.78 is 14.6. The Morgan fingerprint density at radius 3 is 1.42 bits per heavy atom. The Morgan fingerprint density at radius 2 is 1.00 bits per heavy atom. The number of aryl methyl sites for hydroxylation is 2. The first-order valence-corrected chi connectivity index (χ1v) is 23.7. The first-order valence-electron chi connectivity index (χ1n) is 23.7. The molecule has 27 heteroatoms. The fraction of sp³-hybridized carbons (Fsp3) is 0.265. The lowest BCUT2D eigenvalue weighted by Gasteiger charge is -2.13. The van der Waals surface area contributed by atoms with Crippen molar-refractivity contribution in [2.24, 2.45) is 17.6 Å². The number of hydrogen-bond donors (Lipinski definition) is 4. The van der Waals surface area contributed by atoms with Crippen LogP contribution in [0.2, 0.25) is 0 Å². The topological polar surface area (TPSA) is 363 Å². The first-order chi connectivity index (χ1) is 36.6. The lowest BCUT2D eigenvalue weighted by atomic mass is 10.0. The quantitative estimate of drug-likeness (QED) is 0.0986. The predicted molar refractivity (Wildman–Crippen MR) is 275 cm³/mol. The number of carboxylic acid groups (broad SMARTS) is 1. The van der Waals surface area contributed by atoms with Gasteiger partial charge in [-0.3, -0.25) is 4.79 Å². The van der Waals surface area contributed by atoms with Crippen molar-refractivity contribution in [3.63, 3.8) is 0 Å². The smallest absolute Gasteiger partial charge is 0.358 e. The number of rotatable bonds is 14. The van der Waals surface area contributed by atoms with Gasteiger partial charge in [0.2, 0.25) is 11.8 Å². The summed E-state index contributed by atoms with van der Waals surface area (Å²) in [6, 6.07) is 7.45. The van der Waals surface area contributed by atoms with Crippen LogP contribution >= 0.6 is 0 Å². The van der Waals surface area contributed by atoms with Crippen molar-refractivity contribution >= 4 is 34.7 Å². The van der Waals surface area contributed by atoms with Crippen molar-refractivity contribution in [1.29, 1.82) is 0 Å². The van der Waals surface area contributed by atoms with Crippen molar-refractivity contribution in [3.8, 4) is 45.7 Å². The molecule has 0 aliphatic carbocycles. The summed E-state index contributed by atoms with van der Waals surface area (Å²) in [4.78, 5) is 63.7. The fourth-order valence-electron chi connectivity index (χ4n) is 7.48. The maximum absolute atomic E-state index is 13.1. The number of aromatic carboxylic acids is 1. The van der Waals surface area contributed by atoms with Crippen LogP contribution in [0.5, 0.6) is 0 Å². The van der Waals surface area contributed by atoms with Crippen molar-refractivity contribution in [2.75, 3.05) is 11.5 Å². The number of pyridine rings is 2. The van der Waals surface area contributed by atoms with Crippen LogP contribution in [0.15, 0.2) is 120 Å². The SMILES string of the molecule is CC(C)Cn1nccn1.C[C@@H](N)Cn1nccn1.Cc1cnc2ccc(-c3nc(C(=O)C[C@H](C)Cn4nccn4)c(N)nc3-c3ncco3)cn12.Cc1cnc2ccc(-c3nc(C(=O)O)c(N)nc3-c3ncco3)cn12. The highest BCUT2D eigenvalue weighted by molar-refractivity contribution is 5.99. The van der Waals surface area contributed by atoms with Crippen LogP contribution < -0.4 is 17.2 Å². The van der Waals surface area contributed by atoms with E-state index in [1.165, 1.54) is 24.9 Å². The van der Waals surface area contributed by atoms with Gasteiger partial charge < -0.3 is 39.9 Å². The molecule has 0 amide bonds. The molecule has 0 saturated heterocycles. The summed E-state index contributed by atoms with van der Waals surface area (Å²) in [6.45, 7) is 14.1. The van der Waals surface area contributed by atoms with E-state index in [0.717, 1.165) is 34.8 Å². The highest BCUT2D eigenvalue weighted by atomic mass is 16.4. The van der Waals surface area contributed by atoms with Crippen LogP contribution in [0.4, 0.5) is 11.6 Å². The molecule has 0 radical (unpaired) electrons. The number of carbonyl (C=O) groups excluding carboxylic acids is 1. The molecule has 11 heterocycles. The van der Waals surface area contributed by atoms with E-state index in [2.05, 4.69) is 84.3 Å². The van der Waals surface area contributed by atoms with Gasteiger partial charge in [0.1, 0.15) is 40.9 Å². The average Bonchev–Trinajstić information content (AvgIpc) is 4.27. The highest BCUT2D eigenvalue weighted by Crippen LogP contribution is 2.32. The summed E-state index contributed by atoms with van der Waals surface area (Å²) in [5.74, 6) is -0.573. The second-order valence-electron chi connectivity index (χ2n) is 17.7. The Labute approximate surface area is 432 Å². The van der Waals surface area contributed by atoms with Gasteiger partial charge in [-0.05, 0) is 56.9 Å². The Balaban J connectivity index is 0.000000155. The van der Waals surface area contributed by atoms with Crippen LogP contribution in [-0.4, -0.2) is 117 Å². The number of nitrogens with zero attached hydrogens (tertiary/aromatic N) is 19. The van der Waals surface area contributed by atoms with Crippen LogP contribution in [0.1, 0.15) is 66.5 Å². The molecule has 27 nitrogen and oxygen atoms in total. The molecule has 0 aliphatic rings. The Kier molecular flexibility index (Phi) is 16.4. The first kappa shape index (κ1) is 52.4. The highest BCUT2D eigenvalue weighted by Gasteiger charge is 2.25. The largest absolute Gasteiger partial charge is 0.476 e. The number of aromatic nitrogens is 19. The lowest BCUT2D eigenvalue weighted by Crippen LogP contribution is -2.23. The number of carboxylic acids is 1. The van der Waals surface area contributed by atoms with E-state index in [9.17, 15) is 14.7 Å². The van der Waals surface area contributed by atoms with Gasteiger partial charge >= 0.3 is 5.97 Å². The van der Waals surface area contributed by atoms with Gasteiger partial charge in [-0.25, -0.2) is 44.7 Å². The zero-order valence-corrected chi connectivity index (χ0v) is 42.3. The second kappa shape index (κ2) is 23.7. The molecule has 0 saturated carbocycles.